The molecular weight excluding hydrogens is 380 g/mol. The molecule has 3 heterocycles. The number of aromatic carboxylic acids is 1. The number of aromatic nitrogens is 4. The van der Waals surface area contributed by atoms with Crippen molar-refractivity contribution in [3.63, 3.8) is 0 Å². The molecule has 5 N–H and O–H groups in total. The lowest BCUT2D eigenvalue weighted by Gasteiger charge is -2.10. The number of anilines is 3. The maximum Gasteiger partial charge on any atom is 0.335 e. The van der Waals surface area contributed by atoms with Gasteiger partial charge >= 0.3 is 5.97 Å². The Labute approximate surface area is 171 Å². The summed E-state index contributed by atoms with van der Waals surface area (Å²) in [5.74, 6) is 0.0535. The first kappa shape index (κ1) is 17.7. The zero-order valence-electron chi connectivity index (χ0n) is 15.8. The molecule has 5 rings (SSSR count). The predicted octanol–water partition coefficient (Wildman–Crippen LogP) is 4.49. The molecule has 8 heteroatoms. The van der Waals surface area contributed by atoms with E-state index in [1.807, 2.05) is 18.3 Å². The van der Waals surface area contributed by atoms with Crippen LogP contribution in [0.5, 0.6) is 0 Å². The molecule has 0 fully saturated rings. The number of carbonyl (C=O) groups is 1. The Morgan fingerprint density at radius 3 is 2.77 bits per heavy atom. The fourth-order valence-electron chi connectivity index (χ4n) is 3.44. The van der Waals surface area contributed by atoms with Crippen molar-refractivity contribution in [2.45, 2.75) is 6.54 Å². The number of fused-ring (bicyclic) bond motifs is 2. The number of carboxylic acids is 1. The topological polar surface area (TPSA) is 119 Å². The summed E-state index contributed by atoms with van der Waals surface area (Å²) in [7, 11) is 0. The van der Waals surface area contributed by atoms with E-state index in [1.165, 1.54) is 0 Å². The van der Waals surface area contributed by atoms with E-state index < -0.39 is 5.97 Å². The first-order valence-electron chi connectivity index (χ1n) is 9.40. The van der Waals surface area contributed by atoms with Gasteiger partial charge < -0.3 is 25.7 Å². The number of hydrogen-bond acceptors (Lipinski definition) is 5. The van der Waals surface area contributed by atoms with Crippen LogP contribution in [0.1, 0.15) is 15.9 Å². The van der Waals surface area contributed by atoms with Crippen LogP contribution in [-0.4, -0.2) is 31.0 Å². The molecule has 3 aromatic heterocycles. The largest absolute Gasteiger partial charge is 0.478 e. The maximum atomic E-state index is 11.4. The Bertz CT molecular complexity index is 1370. The second-order valence-electron chi connectivity index (χ2n) is 6.91. The quantitative estimate of drug-likeness (QED) is 0.287. The summed E-state index contributed by atoms with van der Waals surface area (Å²) in [5, 5.41) is 17.8. The van der Waals surface area contributed by atoms with Crippen LogP contribution in [0, 0.1) is 0 Å². The molecule has 0 aliphatic carbocycles. The van der Waals surface area contributed by atoms with Gasteiger partial charge in [0.25, 0.3) is 0 Å². The van der Waals surface area contributed by atoms with Crippen LogP contribution in [0.25, 0.3) is 21.8 Å². The zero-order chi connectivity index (χ0) is 20.5. The second-order valence-corrected chi connectivity index (χ2v) is 6.91. The van der Waals surface area contributed by atoms with Crippen molar-refractivity contribution in [3.05, 3.63) is 78.2 Å². The molecule has 0 saturated heterocycles. The van der Waals surface area contributed by atoms with E-state index in [1.54, 1.807) is 30.6 Å². The number of H-pyrrole nitrogens is 2. The van der Waals surface area contributed by atoms with Gasteiger partial charge in [-0.2, -0.15) is 4.98 Å². The summed E-state index contributed by atoms with van der Waals surface area (Å²) in [6.07, 6.45) is 5.34. The number of hydrogen-bond donors (Lipinski definition) is 5. The smallest absolute Gasteiger partial charge is 0.335 e. The summed E-state index contributed by atoms with van der Waals surface area (Å²) in [4.78, 5) is 26.4. The highest BCUT2D eigenvalue weighted by Crippen LogP contribution is 2.27. The lowest BCUT2D eigenvalue weighted by atomic mass is 10.1. The fraction of sp³-hybridized carbons (Fsp3) is 0.0455. The van der Waals surface area contributed by atoms with Crippen LogP contribution < -0.4 is 10.6 Å². The zero-order valence-corrected chi connectivity index (χ0v) is 15.8. The second kappa shape index (κ2) is 7.25. The minimum Gasteiger partial charge on any atom is -0.478 e. The number of nitrogens with zero attached hydrogens (tertiary/aromatic N) is 2. The van der Waals surface area contributed by atoms with Gasteiger partial charge in [0.1, 0.15) is 5.82 Å². The Balaban J connectivity index is 1.36. The van der Waals surface area contributed by atoms with E-state index >= 15 is 0 Å². The number of carboxylic acid groups (broad SMARTS) is 1. The molecule has 0 spiro atoms. The Morgan fingerprint density at radius 2 is 1.87 bits per heavy atom. The van der Waals surface area contributed by atoms with Crippen LogP contribution in [0.15, 0.2) is 67.1 Å². The number of benzene rings is 2. The van der Waals surface area contributed by atoms with Crippen molar-refractivity contribution in [1.82, 2.24) is 19.9 Å². The monoisotopic (exact) mass is 398 g/mol. The van der Waals surface area contributed by atoms with Gasteiger partial charge in [0.05, 0.1) is 11.3 Å². The van der Waals surface area contributed by atoms with E-state index in [9.17, 15) is 9.90 Å². The van der Waals surface area contributed by atoms with Gasteiger partial charge in [-0.05, 0) is 53.4 Å². The van der Waals surface area contributed by atoms with Crippen molar-refractivity contribution >= 4 is 45.2 Å². The van der Waals surface area contributed by atoms with E-state index in [4.69, 9.17) is 0 Å². The molecule has 148 valence electrons. The fourth-order valence-corrected chi connectivity index (χ4v) is 3.44. The molecule has 0 amide bonds. The molecular formula is C22H18N6O2. The lowest BCUT2D eigenvalue weighted by molar-refractivity contribution is 0.0697. The molecule has 0 aliphatic heterocycles. The number of rotatable bonds is 6. The predicted molar refractivity (Wildman–Crippen MR) is 116 cm³/mol. The van der Waals surface area contributed by atoms with Crippen LogP contribution in [0.2, 0.25) is 0 Å². The normalized spacial score (nSPS) is 11.1. The van der Waals surface area contributed by atoms with E-state index in [-0.39, 0.29) is 5.56 Å². The van der Waals surface area contributed by atoms with E-state index in [0.717, 1.165) is 27.4 Å². The molecule has 0 unspecified atom stereocenters. The van der Waals surface area contributed by atoms with Gasteiger partial charge in [0, 0.05) is 41.6 Å². The van der Waals surface area contributed by atoms with Crippen LogP contribution in [-0.2, 0) is 6.54 Å². The summed E-state index contributed by atoms with van der Waals surface area (Å²) < 4.78 is 0. The first-order valence-corrected chi connectivity index (χ1v) is 9.40. The molecule has 0 atom stereocenters. The Morgan fingerprint density at radius 1 is 1.00 bits per heavy atom. The van der Waals surface area contributed by atoms with Crippen LogP contribution >= 0.6 is 0 Å². The standard InChI is InChI=1S/C22H18N6O2/c29-21(30)15-10-18-16(4-7-24-18)19(11-15)27-22-25-8-5-20(28-22)26-12-13-1-2-17-14(9-13)3-6-23-17/h1-11,23-24H,12H2,(H,29,30)(H2,25,26,27,28). The SMILES string of the molecule is O=C(O)c1cc(Nc2nccc(NCc3ccc4[nH]ccc4c3)n2)c2cc[nH]c2c1. The number of nitrogens with one attached hydrogen (secondary N) is 4. The first-order chi connectivity index (χ1) is 14.7. The van der Waals surface area contributed by atoms with Gasteiger partial charge in [-0.1, -0.05) is 6.07 Å². The van der Waals surface area contributed by atoms with Crippen LogP contribution in [0.3, 0.4) is 0 Å². The highest BCUT2D eigenvalue weighted by atomic mass is 16.4. The summed E-state index contributed by atoms with van der Waals surface area (Å²) >= 11 is 0. The minimum atomic E-state index is -0.995. The minimum absolute atomic E-state index is 0.182. The van der Waals surface area contributed by atoms with Gasteiger partial charge in [0.2, 0.25) is 5.95 Å². The third kappa shape index (κ3) is 3.42. The Hall–Kier alpha value is -4.33. The third-order valence-electron chi connectivity index (χ3n) is 4.91. The highest BCUT2D eigenvalue weighted by molar-refractivity contribution is 6.00. The molecule has 2 aromatic carbocycles. The molecule has 0 aliphatic rings. The number of aromatic amines is 2. The maximum absolute atomic E-state index is 11.4. The molecule has 30 heavy (non-hydrogen) atoms. The molecule has 0 saturated carbocycles. The molecule has 0 radical (unpaired) electrons. The van der Waals surface area contributed by atoms with Crippen LogP contribution in [0.4, 0.5) is 17.5 Å². The van der Waals surface area contributed by atoms with E-state index in [0.29, 0.717) is 24.0 Å². The van der Waals surface area contributed by atoms with Crippen molar-refractivity contribution in [2.75, 3.05) is 10.6 Å². The third-order valence-corrected chi connectivity index (χ3v) is 4.91. The summed E-state index contributed by atoms with van der Waals surface area (Å²) in [6, 6.07) is 15.1. The molecule has 8 nitrogen and oxygen atoms in total. The van der Waals surface area contributed by atoms with Gasteiger partial charge in [-0.3, -0.25) is 0 Å². The van der Waals surface area contributed by atoms with Crippen molar-refractivity contribution in [3.8, 4) is 0 Å². The van der Waals surface area contributed by atoms with Crippen molar-refractivity contribution < 1.29 is 9.90 Å². The van der Waals surface area contributed by atoms with Gasteiger partial charge in [0.15, 0.2) is 0 Å². The van der Waals surface area contributed by atoms with Crippen molar-refractivity contribution in [1.29, 1.82) is 0 Å². The van der Waals surface area contributed by atoms with Crippen molar-refractivity contribution in [2.24, 2.45) is 0 Å². The molecule has 0 bridgehead atoms. The summed E-state index contributed by atoms with van der Waals surface area (Å²) in [5.41, 5.74) is 3.78. The van der Waals surface area contributed by atoms with Gasteiger partial charge in [-0.25, -0.2) is 9.78 Å². The average Bonchev–Trinajstić information content (AvgIpc) is 3.41. The van der Waals surface area contributed by atoms with Gasteiger partial charge in [-0.15, -0.1) is 0 Å². The average molecular weight is 398 g/mol. The highest BCUT2D eigenvalue weighted by Gasteiger charge is 2.11. The van der Waals surface area contributed by atoms with E-state index in [2.05, 4.69) is 48.8 Å². The Kier molecular flexibility index (Phi) is 4.29. The molecule has 5 aromatic rings. The lowest BCUT2D eigenvalue weighted by Crippen LogP contribution is -2.05. The summed E-state index contributed by atoms with van der Waals surface area (Å²) in [6.45, 7) is 0.619.